The van der Waals surface area contributed by atoms with Gasteiger partial charge in [-0.2, -0.15) is 0 Å². The van der Waals surface area contributed by atoms with E-state index in [4.69, 9.17) is 10.5 Å². The lowest BCUT2D eigenvalue weighted by Crippen LogP contribution is -1.92. The van der Waals surface area contributed by atoms with E-state index in [9.17, 15) is 4.39 Å². The van der Waals surface area contributed by atoms with Crippen LogP contribution in [-0.4, -0.2) is 0 Å². The first-order valence-electron chi connectivity index (χ1n) is 5.87. The first-order valence-corrected chi connectivity index (χ1v) is 6.69. The topological polar surface area (TPSA) is 35.2 Å². The quantitative estimate of drug-likeness (QED) is 0.726. The highest BCUT2D eigenvalue weighted by molar-refractivity contribution is 7.19. The van der Waals surface area contributed by atoms with Crippen LogP contribution in [0.2, 0.25) is 0 Å². The van der Waals surface area contributed by atoms with E-state index in [0.29, 0.717) is 12.4 Å². The minimum atomic E-state index is -0.262. The molecule has 0 spiro atoms. The van der Waals surface area contributed by atoms with E-state index in [2.05, 4.69) is 6.07 Å². The Bertz CT molecular complexity index is 706. The molecule has 19 heavy (non-hydrogen) atoms. The number of rotatable bonds is 3. The summed E-state index contributed by atoms with van der Waals surface area (Å²) in [6.07, 6.45) is 0. The number of nitrogens with two attached hydrogens (primary N) is 1. The lowest BCUT2D eigenvalue weighted by molar-refractivity contribution is 0.309. The number of nitrogen functional groups attached to an aromatic ring is 1. The van der Waals surface area contributed by atoms with Crippen molar-refractivity contribution < 1.29 is 9.13 Å². The van der Waals surface area contributed by atoms with Gasteiger partial charge in [-0.05, 0) is 41.8 Å². The molecule has 0 fully saturated rings. The Kier molecular flexibility index (Phi) is 3.09. The smallest absolute Gasteiger partial charge is 0.123 e. The molecule has 0 bridgehead atoms. The van der Waals surface area contributed by atoms with Gasteiger partial charge in [0.05, 0.1) is 4.70 Å². The predicted octanol–water partition coefficient (Wildman–Crippen LogP) is 4.20. The van der Waals surface area contributed by atoms with Crippen molar-refractivity contribution in [2.24, 2.45) is 0 Å². The molecule has 0 atom stereocenters. The van der Waals surface area contributed by atoms with Crippen molar-refractivity contribution in [2.45, 2.75) is 6.61 Å². The molecular weight excluding hydrogens is 261 g/mol. The van der Waals surface area contributed by atoms with Crippen LogP contribution in [0.4, 0.5) is 10.1 Å². The van der Waals surface area contributed by atoms with Gasteiger partial charge < -0.3 is 10.5 Å². The number of halogens is 1. The van der Waals surface area contributed by atoms with Crippen LogP contribution in [0.5, 0.6) is 5.75 Å². The van der Waals surface area contributed by atoms with Gasteiger partial charge in [-0.1, -0.05) is 12.1 Å². The Morgan fingerprint density at radius 1 is 1.11 bits per heavy atom. The number of thiophene rings is 1. The lowest BCUT2D eigenvalue weighted by Gasteiger charge is -2.03. The number of hydrogen-bond acceptors (Lipinski definition) is 3. The summed E-state index contributed by atoms with van der Waals surface area (Å²) in [7, 11) is 0. The van der Waals surface area contributed by atoms with Crippen molar-refractivity contribution in [2.75, 3.05) is 5.73 Å². The summed E-state index contributed by atoms with van der Waals surface area (Å²) in [5.41, 5.74) is 6.71. The Labute approximate surface area is 114 Å². The molecule has 0 saturated carbocycles. The number of anilines is 1. The zero-order chi connectivity index (χ0) is 13.2. The minimum Gasteiger partial charge on any atom is -0.488 e. The van der Waals surface area contributed by atoms with Gasteiger partial charge in [-0.3, -0.25) is 0 Å². The van der Waals surface area contributed by atoms with Crippen molar-refractivity contribution in [3.8, 4) is 5.75 Å². The molecule has 1 aromatic heterocycles. The summed E-state index contributed by atoms with van der Waals surface area (Å²) in [6, 6.07) is 14.0. The molecule has 4 heteroatoms. The highest BCUT2D eigenvalue weighted by Crippen LogP contribution is 2.30. The largest absolute Gasteiger partial charge is 0.488 e. The molecule has 0 aliphatic carbocycles. The van der Waals surface area contributed by atoms with E-state index in [0.717, 1.165) is 20.7 Å². The fourth-order valence-corrected chi connectivity index (χ4v) is 2.89. The maximum Gasteiger partial charge on any atom is 0.123 e. The van der Waals surface area contributed by atoms with Crippen LogP contribution >= 0.6 is 11.3 Å². The molecule has 0 radical (unpaired) electrons. The van der Waals surface area contributed by atoms with Crippen molar-refractivity contribution in [3.05, 3.63) is 59.2 Å². The summed E-state index contributed by atoms with van der Waals surface area (Å²) >= 11 is 1.62. The maximum atomic E-state index is 12.8. The molecular formula is C15H12FNOS. The molecule has 2 N–H and O–H groups in total. The van der Waals surface area contributed by atoms with Gasteiger partial charge in [-0.15, -0.1) is 11.3 Å². The van der Waals surface area contributed by atoms with E-state index < -0.39 is 0 Å². The van der Waals surface area contributed by atoms with Crippen LogP contribution in [0.3, 0.4) is 0 Å². The second-order valence-corrected chi connectivity index (χ2v) is 5.36. The van der Waals surface area contributed by atoms with Gasteiger partial charge >= 0.3 is 0 Å². The second-order valence-electron chi connectivity index (χ2n) is 4.22. The molecule has 0 amide bonds. The normalized spacial score (nSPS) is 10.8. The van der Waals surface area contributed by atoms with Crippen LogP contribution in [0.1, 0.15) is 4.88 Å². The van der Waals surface area contributed by atoms with Crippen molar-refractivity contribution in [1.29, 1.82) is 0 Å². The van der Waals surface area contributed by atoms with Crippen molar-refractivity contribution in [3.63, 3.8) is 0 Å². The fraction of sp³-hybridized carbons (Fsp3) is 0.0667. The third-order valence-electron chi connectivity index (χ3n) is 2.82. The zero-order valence-corrected chi connectivity index (χ0v) is 10.9. The van der Waals surface area contributed by atoms with Gasteiger partial charge in [0.15, 0.2) is 0 Å². The molecule has 0 aliphatic rings. The van der Waals surface area contributed by atoms with Crippen molar-refractivity contribution >= 4 is 27.1 Å². The highest BCUT2D eigenvalue weighted by Gasteiger charge is 2.05. The van der Waals surface area contributed by atoms with Gasteiger partial charge in [0, 0.05) is 10.6 Å². The highest BCUT2D eigenvalue weighted by atomic mass is 32.1. The average Bonchev–Trinajstić information content (AvgIpc) is 2.83. The van der Waals surface area contributed by atoms with Gasteiger partial charge in [0.25, 0.3) is 0 Å². The molecule has 3 aromatic rings. The van der Waals surface area contributed by atoms with Crippen LogP contribution < -0.4 is 10.5 Å². The molecule has 1 heterocycles. The zero-order valence-electron chi connectivity index (χ0n) is 10.1. The Morgan fingerprint density at radius 2 is 1.89 bits per heavy atom. The van der Waals surface area contributed by atoms with Gasteiger partial charge in [-0.25, -0.2) is 4.39 Å². The second kappa shape index (κ2) is 4.90. The molecule has 2 aromatic carbocycles. The first-order chi connectivity index (χ1) is 9.22. The van der Waals surface area contributed by atoms with E-state index in [-0.39, 0.29) is 5.82 Å². The molecule has 0 aliphatic heterocycles. The van der Waals surface area contributed by atoms with E-state index >= 15 is 0 Å². The lowest BCUT2D eigenvalue weighted by atomic mass is 10.2. The SMILES string of the molecule is Nc1cccc2cc(COc3ccc(F)cc3)sc12. The Morgan fingerprint density at radius 3 is 2.63 bits per heavy atom. The fourth-order valence-electron chi connectivity index (χ4n) is 1.90. The van der Waals surface area contributed by atoms with Gasteiger partial charge in [0.1, 0.15) is 18.2 Å². The summed E-state index contributed by atoms with van der Waals surface area (Å²) in [5, 5.41) is 1.13. The van der Waals surface area contributed by atoms with Crippen molar-refractivity contribution in [1.82, 2.24) is 0 Å². The monoisotopic (exact) mass is 273 g/mol. The summed E-state index contributed by atoms with van der Waals surface area (Å²) in [4.78, 5) is 1.09. The van der Waals surface area contributed by atoms with Crippen LogP contribution in [0, 0.1) is 5.82 Å². The van der Waals surface area contributed by atoms with E-state index in [1.165, 1.54) is 12.1 Å². The van der Waals surface area contributed by atoms with Crippen LogP contribution in [0.25, 0.3) is 10.1 Å². The first kappa shape index (κ1) is 12.0. The molecule has 2 nitrogen and oxygen atoms in total. The van der Waals surface area contributed by atoms with Gasteiger partial charge in [0.2, 0.25) is 0 Å². The van der Waals surface area contributed by atoms with E-state index in [1.54, 1.807) is 23.5 Å². The number of benzene rings is 2. The Balaban J connectivity index is 1.78. The van der Waals surface area contributed by atoms with E-state index in [1.807, 2.05) is 18.2 Å². The van der Waals surface area contributed by atoms with Crippen LogP contribution in [-0.2, 0) is 6.61 Å². The van der Waals surface area contributed by atoms with Crippen LogP contribution in [0.15, 0.2) is 48.5 Å². The third kappa shape index (κ3) is 2.53. The summed E-state index contributed by atoms with van der Waals surface area (Å²) in [5.74, 6) is 0.397. The maximum absolute atomic E-state index is 12.8. The standard InChI is InChI=1S/C15H12FNOS/c16-11-4-6-12(7-5-11)18-9-13-8-10-2-1-3-14(17)15(10)19-13/h1-8H,9,17H2. The third-order valence-corrected chi connectivity index (χ3v) is 3.99. The summed E-state index contributed by atoms with van der Waals surface area (Å²) < 4.78 is 19.5. The Hall–Kier alpha value is -2.07. The summed E-state index contributed by atoms with van der Waals surface area (Å²) in [6.45, 7) is 0.463. The predicted molar refractivity (Wildman–Crippen MR) is 77.0 cm³/mol. The molecule has 96 valence electrons. The minimum absolute atomic E-state index is 0.262. The molecule has 0 saturated heterocycles. The average molecular weight is 273 g/mol. The number of ether oxygens (including phenoxy) is 1. The molecule has 0 unspecified atom stereocenters. The molecule has 3 rings (SSSR count). The number of fused-ring (bicyclic) bond motifs is 1. The number of hydrogen-bond donors (Lipinski definition) is 1.